The Morgan fingerprint density at radius 1 is 0.451 bits per heavy atom. The average Bonchev–Trinajstić information content (AvgIpc) is 3.17. The Hall–Kier alpha value is -5.60. The van der Waals surface area contributed by atoms with Gasteiger partial charge in [0.1, 0.15) is 0 Å². The van der Waals surface area contributed by atoms with E-state index in [4.69, 9.17) is 0 Å². The van der Waals surface area contributed by atoms with Crippen LogP contribution in [0.15, 0.2) is 146 Å². The van der Waals surface area contributed by atoms with Gasteiger partial charge in [-0.1, -0.05) is 154 Å². The summed E-state index contributed by atoms with van der Waals surface area (Å²) in [6, 6.07) is 50.9. The summed E-state index contributed by atoms with van der Waals surface area (Å²) in [5.41, 5.74) is 22.9. The monoisotopic (exact) mass is 650 g/mol. The molecule has 2 nitrogen and oxygen atoms in total. The fraction of sp³-hybridized carbons (Fsp3) is 0.128. The summed E-state index contributed by atoms with van der Waals surface area (Å²) in [7, 11) is 0. The molecule has 51 heavy (non-hydrogen) atoms. The smallest absolute Gasteiger partial charge is 0.247 e. The minimum Gasteiger partial charge on any atom is -0.313 e. The molecule has 6 aromatic carbocycles. The van der Waals surface area contributed by atoms with E-state index in [1.54, 1.807) is 0 Å². The third-order valence-corrected chi connectivity index (χ3v) is 12.7. The number of fused-ring (bicyclic) bond motifs is 8. The van der Waals surface area contributed by atoms with Gasteiger partial charge in [0.05, 0.1) is 0 Å². The highest BCUT2D eigenvalue weighted by Crippen LogP contribution is 2.46. The van der Waals surface area contributed by atoms with Gasteiger partial charge in [0.2, 0.25) is 13.4 Å². The van der Waals surface area contributed by atoms with Crippen molar-refractivity contribution in [1.82, 2.24) is 4.98 Å². The van der Waals surface area contributed by atoms with Crippen LogP contribution < -0.4 is 37.7 Å². The van der Waals surface area contributed by atoms with Crippen molar-refractivity contribution >= 4 is 63.3 Å². The molecule has 0 atom stereocenters. The average molecular weight is 650 g/mol. The first kappa shape index (κ1) is 29.2. The molecule has 0 unspecified atom stereocenters. The molecule has 4 aliphatic heterocycles. The number of hydrogen-bond donors (Lipinski definition) is 0. The molecule has 4 aliphatic rings. The molecule has 0 saturated carbocycles. The summed E-state index contributed by atoms with van der Waals surface area (Å²) in [6.45, 7) is 9.92. The standard InChI is InChI=1S/C47H36B2N2/c1-46(2)33-13-5-7-17-37(33)48-39-26-32(30-23-21-29(22-24-30)31-12-11-25-50-28-31)27-40-45(39)51(41-19-9-15-35(46)43(41)48)42-20-10-16-36-44(42)49(40)38-18-8-6-14-34(38)47(36,3)4/h5-28H,1-4H3. The number of anilines is 3. The van der Waals surface area contributed by atoms with E-state index in [9.17, 15) is 0 Å². The Morgan fingerprint density at radius 2 is 0.941 bits per heavy atom. The van der Waals surface area contributed by atoms with Gasteiger partial charge in [-0.3, -0.25) is 4.98 Å². The van der Waals surface area contributed by atoms with Gasteiger partial charge < -0.3 is 4.90 Å². The van der Waals surface area contributed by atoms with Crippen molar-refractivity contribution in [2.75, 3.05) is 4.90 Å². The van der Waals surface area contributed by atoms with Crippen LogP contribution in [0.1, 0.15) is 49.9 Å². The SMILES string of the molecule is CC1(C)c2ccccc2B2c3cc(-c4ccc(-c5cccnc5)cc4)cc4c3N(c3cccc1c32)c1cccc2c1B4c1ccccc1C2(C)C. The van der Waals surface area contributed by atoms with Gasteiger partial charge in [-0.05, 0) is 84.6 Å². The summed E-state index contributed by atoms with van der Waals surface area (Å²) in [5.74, 6) is 0. The van der Waals surface area contributed by atoms with Gasteiger partial charge in [0.25, 0.3) is 0 Å². The minimum atomic E-state index is -0.117. The number of rotatable bonds is 2. The summed E-state index contributed by atoms with van der Waals surface area (Å²) in [4.78, 5) is 7.03. The quantitative estimate of drug-likeness (QED) is 0.191. The third-order valence-electron chi connectivity index (χ3n) is 12.7. The van der Waals surface area contributed by atoms with Crippen LogP contribution in [0.3, 0.4) is 0 Å². The predicted octanol–water partition coefficient (Wildman–Crippen LogP) is 6.82. The zero-order chi connectivity index (χ0) is 34.2. The maximum absolute atomic E-state index is 4.38. The minimum absolute atomic E-state index is 0.117. The van der Waals surface area contributed by atoms with Crippen molar-refractivity contribution in [1.29, 1.82) is 0 Å². The van der Waals surface area contributed by atoms with Crippen molar-refractivity contribution in [2.24, 2.45) is 0 Å². The van der Waals surface area contributed by atoms with Gasteiger partial charge in [-0.25, -0.2) is 0 Å². The van der Waals surface area contributed by atoms with E-state index in [0.29, 0.717) is 0 Å². The first-order valence-corrected chi connectivity index (χ1v) is 18.3. The van der Waals surface area contributed by atoms with E-state index in [0.717, 1.165) is 5.56 Å². The van der Waals surface area contributed by atoms with E-state index in [2.05, 4.69) is 165 Å². The van der Waals surface area contributed by atoms with E-state index in [1.165, 1.54) is 88.8 Å². The molecule has 0 saturated heterocycles. The lowest BCUT2D eigenvalue weighted by Crippen LogP contribution is -2.70. The maximum atomic E-state index is 4.38. The van der Waals surface area contributed by atoms with Gasteiger partial charge in [-0.15, -0.1) is 0 Å². The number of pyridine rings is 1. The lowest BCUT2D eigenvalue weighted by molar-refractivity contribution is 0.645. The van der Waals surface area contributed by atoms with E-state index >= 15 is 0 Å². The molecular formula is C47H36B2N2. The van der Waals surface area contributed by atoms with E-state index in [1.807, 2.05) is 18.5 Å². The van der Waals surface area contributed by atoms with Crippen molar-refractivity contribution < 1.29 is 0 Å². The highest BCUT2D eigenvalue weighted by atomic mass is 15.2. The summed E-state index contributed by atoms with van der Waals surface area (Å²) < 4.78 is 0. The molecule has 0 fully saturated rings. The molecule has 1 aromatic heterocycles. The van der Waals surface area contributed by atoms with Crippen LogP contribution in [0.25, 0.3) is 22.3 Å². The number of nitrogens with zero attached hydrogens (tertiary/aromatic N) is 2. The van der Waals surface area contributed by atoms with Gasteiger partial charge in [0.15, 0.2) is 0 Å². The Labute approximate surface area is 301 Å². The molecule has 4 heteroatoms. The van der Waals surface area contributed by atoms with Crippen LogP contribution in [0.4, 0.5) is 17.1 Å². The Kier molecular flexibility index (Phi) is 5.72. The molecule has 7 aromatic rings. The lowest BCUT2D eigenvalue weighted by Gasteiger charge is -2.50. The van der Waals surface area contributed by atoms with E-state index < -0.39 is 0 Å². The fourth-order valence-corrected chi connectivity index (χ4v) is 10.4. The molecule has 0 aliphatic carbocycles. The zero-order valence-corrected chi connectivity index (χ0v) is 29.4. The maximum Gasteiger partial charge on any atom is 0.247 e. The first-order chi connectivity index (χ1) is 24.8. The van der Waals surface area contributed by atoms with Gasteiger partial charge in [-0.2, -0.15) is 0 Å². The molecule has 0 amide bonds. The van der Waals surface area contributed by atoms with Crippen molar-refractivity contribution in [3.63, 3.8) is 0 Å². The molecular weight excluding hydrogens is 614 g/mol. The summed E-state index contributed by atoms with van der Waals surface area (Å²) in [5, 5.41) is 0. The number of hydrogen-bond acceptors (Lipinski definition) is 2. The van der Waals surface area contributed by atoms with E-state index in [-0.39, 0.29) is 24.3 Å². The van der Waals surface area contributed by atoms with Gasteiger partial charge in [0, 0.05) is 40.3 Å². The molecule has 0 N–H and O–H groups in total. The Balaban J connectivity index is 1.25. The van der Waals surface area contributed by atoms with Crippen molar-refractivity contribution in [3.8, 4) is 22.3 Å². The van der Waals surface area contributed by atoms with Crippen LogP contribution in [0.5, 0.6) is 0 Å². The zero-order valence-electron chi connectivity index (χ0n) is 29.4. The Morgan fingerprint density at radius 3 is 1.45 bits per heavy atom. The van der Waals surface area contributed by atoms with Crippen LogP contribution >= 0.6 is 0 Å². The van der Waals surface area contributed by atoms with Crippen molar-refractivity contribution in [2.45, 2.75) is 38.5 Å². The first-order valence-electron chi connectivity index (χ1n) is 18.3. The lowest BCUT2D eigenvalue weighted by atomic mass is 9.26. The third kappa shape index (κ3) is 3.72. The van der Waals surface area contributed by atoms with Gasteiger partial charge >= 0.3 is 0 Å². The second kappa shape index (κ2) is 10.0. The molecule has 240 valence electrons. The fourth-order valence-electron chi connectivity index (χ4n) is 10.4. The van der Waals surface area contributed by atoms with Crippen LogP contribution in [-0.4, -0.2) is 18.4 Å². The topological polar surface area (TPSA) is 16.1 Å². The van der Waals surface area contributed by atoms with Crippen LogP contribution in [-0.2, 0) is 10.8 Å². The highest BCUT2D eigenvalue weighted by Gasteiger charge is 2.51. The van der Waals surface area contributed by atoms with Crippen LogP contribution in [0.2, 0.25) is 0 Å². The number of aromatic nitrogens is 1. The van der Waals surface area contributed by atoms with Crippen molar-refractivity contribution in [3.05, 3.63) is 168 Å². The van der Waals surface area contributed by atoms with Crippen LogP contribution in [0, 0.1) is 0 Å². The Bertz CT molecular complexity index is 2470. The molecule has 5 heterocycles. The highest BCUT2D eigenvalue weighted by molar-refractivity contribution is 7.03. The number of benzene rings is 6. The second-order valence-corrected chi connectivity index (χ2v) is 15.9. The largest absolute Gasteiger partial charge is 0.313 e. The molecule has 0 spiro atoms. The predicted molar refractivity (Wildman–Crippen MR) is 216 cm³/mol. The molecule has 0 bridgehead atoms. The summed E-state index contributed by atoms with van der Waals surface area (Å²) in [6.07, 6.45) is 3.78. The normalized spacial score (nSPS) is 16.0. The molecule has 0 radical (unpaired) electrons. The summed E-state index contributed by atoms with van der Waals surface area (Å²) >= 11 is 0. The second-order valence-electron chi connectivity index (χ2n) is 15.9. The molecule has 11 rings (SSSR count).